The van der Waals surface area contributed by atoms with Gasteiger partial charge in [0.2, 0.25) is 5.91 Å². The molecule has 2 saturated heterocycles. The predicted octanol–water partition coefficient (Wildman–Crippen LogP) is 0.337. The van der Waals surface area contributed by atoms with Crippen LogP contribution in [0.3, 0.4) is 0 Å². The highest BCUT2D eigenvalue weighted by molar-refractivity contribution is 5.95. The van der Waals surface area contributed by atoms with E-state index in [4.69, 9.17) is 0 Å². The van der Waals surface area contributed by atoms with Gasteiger partial charge < -0.3 is 9.80 Å². The van der Waals surface area contributed by atoms with Crippen LogP contribution in [0.1, 0.15) is 6.42 Å². The lowest BCUT2D eigenvalue weighted by Gasteiger charge is -2.34. The molecule has 0 spiro atoms. The van der Waals surface area contributed by atoms with Crippen molar-refractivity contribution in [3.8, 4) is 0 Å². The highest BCUT2D eigenvalue weighted by Gasteiger charge is 2.27. The van der Waals surface area contributed by atoms with Gasteiger partial charge in [0, 0.05) is 38.2 Å². The molecule has 2 fully saturated rings. The van der Waals surface area contributed by atoms with E-state index in [2.05, 4.69) is 18.0 Å². The maximum Gasteiger partial charge on any atom is 0.249 e. The van der Waals surface area contributed by atoms with Crippen LogP contribution in [-0.4, -0.2) is 49.4 Å². The molecule has 72 valence electrons. The fourth-order valence-corrected chi connectivity index (χ4v) is 2.03. The molecule has 0 aromatic rings. The van der Waals surface area contributed by atoms with E-state index in [0.29, 0.717) is 5.92 Å². The van der Waals surface area contributed by atoms with E-state index < -0.39 is 0 Å². The molecule has 0 aliphatic carbocycles. The van der Waals surface area contributed by atoms with E-state index in [9.17, 15) is 4.79 Å². The Labute approximate surface area is 79.0 Å². The Bertz CT molecular complexity index is 254. The van der Waals surface area contributed by atoms with Crippen LogP contribution in [0.15, 0.2) is 11.6 Å². The summed E-state index contributed by atoms with van der Waals surface area (Å²) in [6.45, 7) is 3.12. The summed E-state index contributed by atoms with van der Waals surface area (Å²) in [5.74, 6) is 0.852. The van der Waals surface area contributed by atoms with E-state index >= 15 is 0 Å². The minimum Gasteiger partial charge on any atom is -0.342 e. The molecule has 0 bridgehead atoms. The summed E-state index contributed by atoms with van der Waals surface area (Å²) in [5.41, 5.74) is 1.03. The van der Waals surface area contributed by atoms with Crippen molar-refractivity contribution in [3.63, 3.8) is 0 Å². The first-order chi connectivity index (χ1) is 6.16. The van der Waals surface area contributed by atoms with Crippen molar-refractivity contribution >= 4 is 5.91 Å². The van der Waals surface area contributed by atoms with Crippen molar-refractivity contribution in [1.29, 1.82) is 0 Å². The van der Waals surface area contributed by atoms with Crippen LogP contribution in [0.25, 0.3) is 0 Å². The molecule has 0 aromatic heterocycles. The summed E-state index contributed by atoms with van der Waals surface area (Å²) < 4.78 is 0. The fraction of sp³-hybridized carbons (Fsp3) is 0.700. The predicted molar refractivity (Wildman–Crippen MR) is 51.3 cm³/mol. The van der Waals surface area contributed by atoms with Crippen LogP contribution in [0.4, 0.5) is 0 Å². The lowest BCUT2D eigenvalue weighted by Crippen LogP contribution is -2.42. The fourth-order valence-electron chi connectivity index (χ4n) is 2.03. The molecule has 0 radical (unpaired) electrons. The first-order valence-corrected chi connectivity index (χ1v) is 4.81. The first kappa shape index (κ1) is 8.75. The van der Waals surface area contributed by atoms with Gasteiger partial charge in [-0.1, -0.05) is 6.08 Å². The van der Waals surface area contributed by atoms with Gasteiger partial charge in [-0.2, -0.15) is 0 Å². The highest BCUT2D eigenvalue weighted by Crippen LogP contribution is 2.21. The number of hydrogen-bond acceptors (Lipinski definition) is 2. The molecule has 3 heteroatoms. The lowest BCUT2D eigenvalue weighted by atomic mass is 9.97. The Morgan fingerprint density at radius 3 is 2.54 bits per heavy atom. The summed E-state index contributed by atoms with van der Waals surface area (Å²) in [6.07, 6.45) is 3.11. The normalized spacial score (nSPS) is 28.6. The molecule has 13 heavy (non-hydrogen) atoms. The Morgan fingerprint density at radius 1 is 1.38 bits per heavy atom. The van der Waals surface area contributed by atoms with Crippen LogP contribution in [0.5, 0.6) is 0 Å². The van der Waals surface area contributed by atoms with Crippen molar-refractivity contribution in [2.24, 2.45) is 5.92 Å². The zero-order chi connectivity index (χ0) is 9.42. The third kappa shape index (κ3) is 1.61. The van der Waals surface area contributed by atoms with Crippen LogP contribution >= 0.6 is 0 Å². The molecular weight excluding hydrogens is 164 g/mol. The largest absolute Gasteiger partial charge is 0.342 e. The van der Waals surface area contributed by atoms with Crippen LogP contribution in [0.2, 0.25) is 0 Å². The van der Waals surface area contributed by atoms with Crippen molar-refractivity contribution in [3.05, 3.63) is 11.6 Å². The maximum atomic E-state index is 11.5. The second-order valence-electron chi connectivity index (χ2n) is 4.15. The Kier molecular flexibility index (Phi) is 2.12. The summed E-state index contributed by atoms with van der Waals surface area (Å²) in [4.78, 5) is 15.6. The third-order valence-electron chi connectivity index (χ3n) is 2.87. The first-order valence-electron chi connectivity index (χ1n) is 4.81. The molecule has 0 aromatic carbocycles. The van der Waals surface area contributed by atoms with E-state index in [1.807, 2.05) is 7.05 Å². The molecule has 0 unspecified atom stereocenters. The van der Waals surface area contributed by atoms with Gasteiger partial charge in [-0.15, -0.1) is 0 Å². The summed E-state index contributed by atoms with van der Waals surface area (Å²) in [6, 6.07) is 0. The molecular formula is C10H16N2O. The molecule has 1 amide bonds. The second-order valence-corrected chi connectivity index (χ2v) is 4.15. The van der Waals surface area contributed by atoms with Gasteiger partial charge >= 0.3 is 0 Å². The molecule has 0 N–H and O–H groups in total. The van der Waals surface area contributed by atoms with Crippen molar-refractivity contribution in [2.45, 2.75) is 6.42 Å². The zero-order valence-electron chi connectivity index (χ0n) is 8.29. The minimum atomic E-state index is 0.231. The zero-order valence-corrected chi connectivity index (χ0v) is 8.29. The van der Waals surface area contributed by atoms with E-state index in [0.717, 1.165) is 31.6 Å². The molecule has 2 aliphatic heterocycles. The number of likely N-dealkylation sites (tertiary alicyclic amines) is 2. The number of carbonyl (C=O) groups excluding carboxylic acids is 1. The summed E-state index contributed by atoms with van der Waals surface area (Å²) in [5, 5.41) is 0. The lowest BCUT2D eigenvalue weighted by molar-refractivity contribution is -0.123. The van der Waals surface area contributed by atoms with Crippen LogP contribution in [0, 0.1) is 5.92 Å². The number of rotatable bonds is 1. The number of likely N-dealkylation sites (N-methyl/N-ethyl adjacent to an activating group) is 1. The maximum absolute atomic E-state index is 11.5. The van der Waals surface area contributed by atoms with Gasteiger partial charge in [0.15, 0.2) is 0 Å². The van der Waals surface area contributed by atoms with Crippen molar-refractivity contribution in [1.82, 2.24) is 9.80 Å². The molecule has 2 heterocycles. The van der Waals surface area contributed by atoms with Crippen molar-refractivity contribution in [2.75, 3.05) is 33.7 Å². The molecule has 3 nitrogen and oxygen atoms in total. The summed E-state index contributed by atoms with van der Waals surface area (Å²) >= 11 is 0. The third-order valence-corrected chi connectivity index (χ3v) is 2.87. The van der Waals surface area contributed by atoms with Gasteiger partial charge in [0.1, 0.15) is 0 Å². The van der Waals surface area contributed by atoms with Gasteiger partial charge in [-0.05, 0) is 13.5 Å². The minimum absolute atomic E-state index is 0.231. The number of nitrogens with zero attached hydrogens (tertiary/aromatic N) is 2. The van der Waals surface area contributed by atoms with E-state index in [-0.39, 0.29) is 5.91 Å². The van der Waals surface area contributed by atoms with Crippen LogP contribution in [-0.2, 0) is 4.79 Å². The van der Waals surface area contributed by atoms with Crippen LogP contribution < -0.4 is 0 Å². The molecule has 2 rings (SSSR count). The average molecular weight is 180 g/mol. The standard InChI is InChI=1S/C10H16N2O/c1-11-6-8(7-11)5-9-3-4-12(2)10(9)13/h5,8H,3-4,6-7H2,1-2H3/b9-5+. The Hall–Kier alpha value is -0.830. The number of carbonyl (C=O) groups is 1. The van der Waals surface area contributed by atoms with Gasteiger partial charge in [-0.25, -0.2) is 0 Å². The van der Waals surface area contributed by atoms with E-state index in [1.54, 1.807) is 4.90 Å². The van der Waals surface area contributed by atoms with Gasteiger partial charge in [0.25, 0.3) is 0 Å². The SMILES string of the molecule is CN1CC(/C=C2\CCN(C)C2=O)C1. The van der Waals surface area contributed by atoms with E-state index in [1.165, 1.54) is 0 Å². The highest BCUT2D eigenvalue weighted by atomic mass is 16.2. The molecule has 0 atom stereocenters. The average Bonchev–Trinajstić information content (AvgIpc) is 2.33. The smallest absolute Gasteiger partial charge is 0.249 e. The quantitative estimate of drug-likeness (QED) is 0.543. The Morgan fingerprint density at radius 2 is 2.08 bits per heavy atom. The molecule has 0 saturated carbocycles. The second kappa shape index (κ2) is 3.14. The Balaban J connectivity index is 1.97. The molecule has 2 aliphatic rings. The van der Waals surface area contributed by atoms with Crippen molar-refractivity contribution < 1.29 is 4.79 Å². The van der Waals surface area contributed by atoms with Gasteiger partial charge in [0.05, 0.1) is 0 Å². The number of amides is 1. The van der Waals surface area contributed by atoms with Gasteiger partial charge in [-0.3, -0.25) is 4.79 Å². The summed E-state index contributed by atoms with van der Waals surface area (Å²) in [7, 11) is 3.98. The topological polar surface area (TPSA) is 23.6 Å². The monoisotopic (exact) mass is 180 g/mol. The number of hydrogen-bond donors (Lipinski definition) is 0.